The second kappa shape index (κ2) is 48.9. The monoisotopic (exact) mass is 1940 g/mol. The van der Waals surface area contributed by atoms with Gasteiger partial charge in [-0.2, -0.15) is 0 Å². The first kappa shape index (κ1) is 99.6. The first-order chi connectivity index (χ1) is 63.8. The first-order valence-electron chi connectivity index (χ1n) is 44.1. The van der Waals surface area contributed by atoms with Gasteiger partial charge in [0.25, 0.3) is 0 Å². The van der Waals surface area contributed by atoms with Gasteiger partial charge < -0.3 is 77.2 Å². The summed E-state index contributed by atoms with van der Waals surface area (Å²) in [7, 11) is 8.84. The average molecular weight is 1950 g/mol. The molecule has 4 fully saturated rings. The number of ether oxygens (including phenoxy) is 8. The number of thiazole rings is 4. The molecule has 16 rings (SSSR count). The van der Waals surface area contributed by atoms with Crippen LogP contribution in [0.15, 0.2) is 118 Å². The minimum atomic E-state index is 0.0405. The zero-order chi connectivity index (χ0) is 93.3. The van der Waals surface area contributed by atoms with Crippen molar-refractivity contribution in [2.24, 2.45) is 0 Å². The number of hydrogen-bond acceptors (Lipinski definition) is 39. The topological polar surface area (TPSA) is 401 Å². The minimum absolute atomic E-state index is 0.0405. The van der Waals surface area contributed by atoms with Crippen LogP contribution in [0, 0.1) is 41.5 Å². The molecule has 0 radical (unpaired) electrons. The number of nitrogen functional groups attached to an aromatic ring is 6. The van der Waals surface area contributed by atoms with Crippen LogP contribution in [0.2, 0.25) is 0 Å². The van der Waals surface area contributed by atoms with Crippen molar-refractivity contribution in [1.29, 1.82) is 0 Å². The summed E-state index contributed by atoms with van der Waals surface area (Å²) < 4.78 is 46.5. The molecule has 12 heterocycles. The highest BCUT2D eigenvalue weighted by Gasteiger charge is 2.26. The predicted octanol–water partition coefficient (Wildman–Crippen LogP) is 17.1. The van der Waals surface area contributed by atoms with E-state index in [1.54, 1.807) is 122 Å². The Kier molecular flexibility index (Phi) is 36.9. The number of anilines is 6. The maximum absolute atomic E-state index is 6.16. The van der Waals surface area contributed by atoms with Crippen LogP contribution >= 0.6 is 92.4 Å². The highest BCUT2D eigenvalue weighted by Crippen LogP contribution is 2.45. The van der Waals surface area contributed by atoms with E-state index in [0.717, 1.165) is 198 Å². The van der Waals surface area contributed by atoms with Gasteiger partial charge in [0.2, 0.25) is 0 Å². The van der Waals surface area contributed by atoms with Crippen LogP contribution in [0.4, 0.5) is 34.9 Å². The van der Waals surface area contributed by atoms with E-state index in [4.69, 9.17) is 92.2 Å². The van der Waals surface area contributed by atoms with E-state index in [1.807, 2.05) is 86.6 Å². The number of piperazine rings is 1. The zero-order valence-corrected chi connectivity index (χ0v) is 83.9. The Labute approximate surface area is 806 Å². The lowest BCUT2D eigenvalue weighted by molar-refractivity contribution is 0.133. The molecule has 704 valence electrons. The maximum Gasteiger partial charge on any atom is 0.192 e. The summed E-state index contributed by atoms with van der Waals surface area (Å²) >= 11 is 12.8. The molecule has 8 aromatic heterocycles. The number of benzene rings is 4. The number of aromatic nitrogens is 12. The van der Waals surface area contributed by atoms with Crippen LogP contribution in [-0.4, -0.2) is 238 Å². The standard InChI is InChI=1S/C24H33N7O2S2.C24H32N6O2S2.C23H29N5O2S2.C22H27N5O2S2/c1-15-22(16(2)35-24-27-20(25)14-21(26)28-24)29-23(34-15)17-5-6-18(32-4)19(13-17)33-12-11-31-9-7-30(3)8-10-31;1-15-22(16(2)34-24-27-20(25)14-21(26)28-24)29-23(33-15)17-7-8-18(31-3)19(13-17)32-12-11-30-9-5-4-6-10-30;1-15-12-21(24)27-23(25-15)31-14-18-16(2)32-22(26-18)17-6-7-19(29-3)20(13-17)30-11-10-28-8-4-5-9-28;1-14-11-20(23)26-22(24-14)30-13-17-15(2)31-21(25-17)16-5-6-18(28-3)19(12-16)29-10-9-27-7-4-8-27/h5-6,13-14,16H,7-12H2,1-4H3,(H4,25,26,27,28);7-8,13-14,16H,4-6,9-12H2,1-3H3,(H4,25,26,27,28);6-7,12-13H,4-5,8-11,14H2,1-3H3,(H2,24,25,27);5-6,11-12H,4,7-10,13H2,1-3H3,(H2,23,24,26). The fraction of sp³-hybridized carbons (Fsp3) is 0.441. The van der Waals surface area contributed by atoms with Crippen LogP contribution in [-0.2, 0) is 11.5 Å². The molecule has 0 saturated carbocycles. The van der Waals surface area contributed by atoms with Gasteiger partial charge in [-0.15, -0.1) is 45.3 Å². The van der Waals surface area contributed by atoms with Gasteiger partial charge in [-0.1, -0.05) is 53.5 Å². The molecule has 132 heavy (non-hydrogen) atoms. The first-order valence-corrected chi connectivity index (χ1v) is 51.1. The molecule has 39 heteroatoms. The summed E-state index contributed by atoms with van der Waals surface area (Å²) in [5.74, 6) is 9.77. The molecule has 31 nitrogen and oxygen atoms in total. The number of likely N-dealkylation sites (N-methyl/N-ethyl adjacent to an activating group) is 1. The summed E-state index contributed by atoms with van der Waals surface area (Å²) in [6.45, 7) is 33.9. The number of hydrogen-bond donors (Lipinski definition) is 6. The van der Waals surface area contributed by atoms with Gasteiger partial charge in [0.05, 0.1) is 61.7 Å². The molecule has 4 aromatic carbocycles. The Morgan fingerprint density at radius 3 is 0.917 bits per heavy atom. The predicted molar refractivity (Wildman–Crippen MR) is 540 cm³/mol. The number of thioether (sulfide) groups is 4. The lowest BCUT2D eigenvalue weighted by Crippen LogP contribution is -2.45. The fourth-order valence-electron chi connectivity index (χ4n) is 14.9. The molecule has 12 N–H and O–H groups in total. The smallest absolute Gasteiger partial charge is 0.192 e. The van der Waals surface area contributed by atoms with E-state index in [-0.39, 0.29) is 10.5 Å². The molecule has 4 aliphatic heterocycles. The number of methoxy groups -OCH3 is 4. The van der Waals surface area contributed by atoms with Crippen molar-refractivity contribution in [3.8, 4) is 88.3 Å². The molecule has 0 spiro atoms. The fourth-order valence-corrected chi connectivity index (χ4v) is 22.9. The number of nitrogens with two attached hydrogens (primary N) is 6. The number of likely N-dealkylation sites (tertiary alicyclic amines) is 3. The molecule has 4 saturated heterocycles. The second-order valence-electron chi connectivity index (χ2n) is 32.1. The van der Waals surface area contributed by atoms with Crippen LogP contribution in [0.25, 0.3) is 42.3 Å². The third-order valence-electron chi connectivity index (χ3n) is 22.2. The van der Waals surface area contributed by atoms with Crippen molar-refractivity contribution in [1.82, 2.24) is 84.3 Å². The highest BCUT2D eigenvalue weighted by atomic mass is 32.2. The molecule has 0 aliphatic carbocycles. The summed E-state index contributed by atoms with van der Waals surface area (Å²) in [4.78, 5) is 71.0. The zero-order valence-electron chi connectivity index (χ0n) is 77.4. The van der Waals surface area contributed by atoms with E-state index < -0.39 is 0 Å². The van der Waals surface area contributed by atoms with Gasteiger partial charge in [0.1, 0.15) is 81.4 Å². The lowest BCUT2D eigenvalue weighted by atomic mass is 10.1. The Balaban J connectivity index is 0.000000150. The Morgan fingerprint density at radius 1 is 0.318 bits per heavy atom. The van der Waals surface area contributed by atoms with Gasteiger partial charge in [0.15, 0.2) is 66.6 Å². The third kappa shape index (κ3) is 28.8. The number of rotatable bonds is 36. The van der Waals surface area contributed by atoms with Crippen molar-refractivity contribution < 1.29 is 37.9 Å². The molecule has 12 aromatic rings. The molecular formula is C93H121N23O8S8. The van der Waals surface area contributed by atoms with E-state index >= 15 is 0 Å². The maximum atomic E-state index is 6.16. The van der Waals surface area contributed by atoms with Crippen LogP contribution < -0.4 is 72.3 Å². The van der Waals surface area contributed by atoms with Gasteiger partial charge >= 0.3 is 0 Å². The van der Waals surface area contributed by atoms with E-state index in [9.17, 15) is 0 Å². The Bertz CT molecular complexity index is 5690. The minimum Gasteiger partial charge on any atom is -0.493 e. The van der Waals surface area contributed by atoms with E-state index in [0.29, 0.717) is 93.5 Å². The van der Waals surface area contributed by atoms with Gasteiger partial charge in [-0.3, -0.25) is 19.6 Å². The third-order valence-corrected chi connectivity index (χ3v) is 30.0. The Hall–Kier alpha value is -9.88. The number of aryl methyl sites for hydroxylation is 6. The van der Waals surface area contributed by atoms with Crippen molar-refractivity contribution >= 4 is 127 Å². The molecule has 0 amide bonds. The SMILES string of the molecule is COc1ccc(-c2nc(C(C)Sc3nc(N)cc(N)n3)c(C)s2)cc1OCCN1CCCCC1.COc1ccc(-c2nc(C(C)Sc3nc(N)cc(N)n3)c(C)s2)cc1OCCN1CCN(C)CC1.COc1ccc(-c2nc(CSc3nc(C)cc(N)n3)c(C)s2)cc1OCCN1CCC1.COc1ccc(-c2nc(CSc3nc(C)cc(N)n3)c(C)s2)cc1OCCN1CCCC1. The van der Waals surface area contributed by atoms with Crippen LogP contribution in [0.3, 0.4) is 0 Å². The molecule has 0 bridgehead atoms. The summed E-state index contributed by atoms with van der Waals surface area (Å²) in [6.07, 6.45) is 7.74. The average Bonchev–Trinajstić information content (AvgIpc) is 1.48. The summed E-state index contributed by atoms with van der Waals surface area (Å²) in [6, 6.07) is 30.6. The van der Waals surface area contributed by atoms with E-state index in [2.05, 4.69) is 113 Å². The van der Waals surface area contributed by atoms with E-state index in [1.165, 1.54) is 98.0 Å². The largest absolute Gasteiger partial charge is 0.493 e. The van der Waals surface area contributed by atoms with Crippen LogP contribution in [0.5, 0.6) is 46.0 Å². The molecule has 4 aliphatic rings. The summed E-state index contributed by atoms with van der Waals surface area (Å²) in [5, 5.41) is 6.34. The Morgan fingerprint density at radius 2 is 0.606 bits per heavy atom. The van der Waals surface area contributed by atoms with Gasteiger partial charge in [0, 0.05) is 141 Å². The quantitative estimate of drug-likeness (QED) is 0.0157. The van der Waals surface area contributed by atoms with Gasteiger partial charge in [-0.05, 0) is 207 Å². The van der Waals surface area contributed by atoms with Crippen molar-refractivity contribution in [3.05, 3.63) is 151 Å². The van der Waals surface area contributed by atoms with Crippen molar-refractivity contribution in [3.63, 3.8) is 0 Å². The van der Waals surface area contributed by atoms with Crippen molar-refractivity contribution in [2.75, 3.05) is 188 Å². The highest BCUT2D eigenvalue weighted by molar-refractivity contribution is 7.99. The molecular weight excluding hydrogens is 1820 g/mol. The number of piperidine rings is 1. The summed E-state index contributed by atoms with van der Waals surface area (Å²) in [5.41, 5.74) is 44.8. The lowest BCUT2D eigenvalue weighted by Gasteiger charge is -2.32. The normalized spacial score (nSPS) is 14.8. The second-order valence-corrected chi connectivity index (χ2v) is 41.5. The molecule has 2 unspecified atom stereocenters. The molecule has 2 atom stereocenters. The van der Waals surface area contributed by atoms with Crippen molar-refractivity contribution in [2.45, 2.75) is 137 Å². The van der Waals surface area contributed by atoms with Crippen LogP contribution in [0.1, 0.15) is 117 Å². The van der Waals surface area contributed by atoms with Gasteiger partial charge in [-0.25, -0.2) is 59.8 Å². The number of nitrogens with zero attached hydrogens (tertiary/aromatic N) is 17.